The van der Waals surface area contributed by atoms with Crippen LogP contribution in [0.3, 0.4) is 0 Å². The maximum absolute atomic E-state index is 14.6. The molecule has 1 heterocycles. The third kappa shape index (κ3) is 5.18. The molecule has 3 amide bonds. The van der Waals surface area contributed by atoms with E-state index in [-0.39, 0.29) is 17.7 Å². The van der Waals surface area contributed by atoms with Crippen LogP contribution in [0.1, 0.15) is 50.4 Å². The Morgan fingerprint density at radius 3 is 1.88 bits per heavy atom. The van der Waals surface area contributed by atoms with Gasteiger partial charge in [-0.25, -0.2) is 4.79 Å². The molecule has 4 aromatic carbocycles. The normalized spacial score (nSPS) is 14.7. The zero-order valence-electron chi connectivity index (χ0n) is 22.5. The first kappa shape index (κ1) is 28.0. The van der Waals surface area contributed by atoms with Gasteiger partial charge in [-0.2, -0.15) is 0 Å². The Balaban J connectivity index is 1.57. The summed E-state index contributed by atoms with van der Waals surface area (Å²) in [7, 11) is 1.49. The molecule has 8 heteroatoms. The second-order valence-corrected chi connectivity index (χ2v) is 10.8. The Morgan fingerprint density at radius 2 is 1.32 bits per heavy atom. The number of carbonyl (C=O) groups excluding carboxylic acids is 4. The number of hydrogen-bond acceptors (Lipinski definition) is 5. The fourth-order valence-corrected chi connectivity index (χ4v) is 5.40. The molecule has 0 saturated carbocycles. The first-order chi connectivity index (χ1) is 19.7. The number of rotatable bonds is 8. The van der Waals surface area contributed by atoms with Gasteiger partial charge in [-0.1, -0.05) is 101 Å². The summed E-state index contributed by atoms with van der Waals surface area (Å²) >= 11 is 3.41. The molecule has 0 N–H and O–H groups in total. The zero-order valence-corrected chi connectivity index (χ0v) is 24.1. The number of likely N-dealkylation sites (N-methyl/N-ethyl adjacent to an activating group) is 1. The number of carbonyl (C=O) groups is 4. The highest BCUT2D eigenvalue weighted by atomic mass is 79.9. The summed E-state index contributed by atoms with van der Waals surface area (Å²) in [6, 6.07) is 30.2. The fourth-order valence-electron chi connectivity index (χ4n) is 5.14. The van der Waals surface area contributed by atoms with Crippen LogP contribution in [0.5, 0.6) is 0 Å². The van der Waals surface area contributed by atoms with Gasteiger partial charge in [0.15, 0.2) is 11.6 Å². The number of ether oxygens (including phenoxy) is 1. The fraction of sp³-hybridized carbons (Fsp3) is 0.152. The SMILES string of the molecule is CN(C(=O)[C@](C)(c1ccc(Br)cc1)N1C(=O)c2ccccc2C1=O)C(C(=O)OCc1ccccc1)c1ccccc1. The summed E-state index contributed by atoms with van der Waals surface area (Å²) in [5, 5.41) is 0. The Morgan fingerprint density at radius 1 is 0.805 bits per heavy atom. The number of esters is 1. The minimum atomic E-state index is -1.78. The van der Waals surface area contributed by atoms with E-state index in [2.05, 4.69) is 15.9 Å². The number of fused-ring (bicyclic) bond motifs is 1. The highest BCUT2D eigenvalue weighted by Crippen LogP contribution is 2.39. The van der Waals surface area contributed by atoms with Gasteiger partial charge in [0.1, 0.15) is 6.61 Å². The van der Waals surface area contributed by atoms with Gasteiger partial charge in [0.25, 0.3) is 17.7 Å². The molecule has 0 spiro atoms. The van der Waals surface area contributed by atoms with E-state index in [1.807, 2.05) is 36.4 Å². The van der Waals surface area contributed by atoms with E-state index in [0.717, 1.165) is 14.9 Å². The Bertz CT molecular complexity index is 1570. The van der Waals surface area contributed by atoms with Crippen molar-refractivity contribution in [3.63, 3.8) is 0 Å². The number of imide groups is 1. The van der Waals surface area contributed by atoms with Crippen LogP contribution in [0.4, 0.5) is 0 Å². The molecule has 1 aliphatic heterocycles. The number of halogens is 1. The van der Waals surface area contributed by atoms with Crippen LogP contribution in [0.2, 0.25) is 0 Å². The van der Waals surface area contributed by atoms with Crippen molar-refractivity contribution in [2.24, 2.45) is 0 Å². The van der Waals surface area contributed by atoms with Crippen LogP contribution in [-0.2, 0) is 26.5 Å². The average molecular weight is 611 g/mol. The maximum atomic E-state index is 14.6. The van der Waals surface area contributed by atoms with Crippen molar-refractivity contribution in [3.05, 3.63) is 141 Å². The lowest BCUT2D eigenvalue weighted by Crippen LogP contribution is -2.58. The molecule has 0 aliphatic carbocycles. The van der Waals surface area contributed by atoms with Crippen molar-refractivity contribution in [1.82, 2.24) is 9.80 Å². The molecule has 2 atom stereocenters. The molecule has 7 nitrogen and oxygen atoms in total. The van der Waals surface area contributed by atoms with Gasteiger partial charge in [-0.05, 0) is 47.9 Å². The molecule has 206 valence electrons. The standard InChI is InChI=1S/C33H27BrN2O5/c1-33(24-17-19-25(34)20-18-24,36-29(37)26-15-9-10-16-27(26)30(36)38)32(40)35(2)28(23-13-7-4-8-14-23)31(39)41-21-22-11-5-3-6-12-22/h3-20,28H,21H2,1-2H3/t28?,33-/m0/s1. The monoisotopic (exact) mass is 610 g/mol. The predicted molar refractivity (Wildman–Crippen MR) is 157 cm³/mol. The van der Waals surface area contributed by atoms with E-state index in [4.69, 9.17) is 4.74 Å². The van der Waals surface area contributed by atoms with E-state index in [1.165, 1.54) is 18.9 Å². The molecular formula is C33H27BrN2O5. The zero-order chi connectivity index (χ0) is 29.1. The van der Waals surface area contributed by atoms with E-state index in [1.54, 1.807) is 72.8 Å². The molecule has 5 rings (SSSR count). The van der Waals surface area contributed by atoms with Gasteiger partial charge in [0.05, 0.1) is 11.1 Å². The van der Waals surface area contributed by atoms with Crippen molar-refractivity contribution in [3.8, 4) is 0 Å². The summed E-state index contributed by atoms with van der Waals surface area (Å²) in [5.74, 6) is -2.43. The molecule has 0 bridgehead atoms. The molecule has 0 fully saturated rings. The molecule has 0 aromatic heterocycles. The van der Waals surface area contributed by atoms with Crippen LogP contribution >= 0.6 is 15.9 Å². The summed E-state index contributed by atoms with van der Waals surface area (Å²) in [5.41, 5.74) is 0.400. The van der Waals surface area contributed by atoms with Crippen LogP contribution in [0, 0.1) is 0 Å². The van der Waals surface area contributed by atoms with Crippen LogP contribution in [0.15, 0.2) is 114 Å². The number of nitrogens with zero attached hydrogens (tertiary/aromatic N) is 2. The van der Waals surface area contributed by atoms with Gasteiger partial charge >= 0.3 is 5.97 Å². The third-order valence-corrected chi connectivity index (χ3v) is 7.86. The predicted octanol–water partition coefficient (Wildman–Crippen LogP) is 5.90. The smallest absolute Gasteiger partial charge is 0.333 e. The maximum Gasteiger partial charge on any atom is 0.333 e. The van der Waals surface area contributed by atoms with Crippen molar-refractivity contribution in [1.29, 1.82) is 0 Å². The van der Waals surface area contributed by atoms with Crippen LogP contribution in [0.25, 0.3) is 0 Å². The lowest BCUT2D eigenvalue weighted by Gasteiger charge is -2.40. The van der Waals surface area contributed by atoms with Crippen LogP contribution in [-0.4, -0.2) is 40.5 Å². The average Bonchev–Trinajstić information content (AvgIpc) is 3.26. The van der Waals surface area contributed by atoms with E-state index < -0.39 is 35.3 Å². The number of hydrogen-bond donors (Lipinski definition) is 0. The largest absolute Gasteiger partial charge is 0.459 e. The van der Waals surface area contributed by atoms with Crippen molar-refractivity contribution in [2.75, 3.05) is 7.05 Å². The molecule has 0 saturated heterocycles. The summed E-state index contributed by atoms with van der Waals surface area (Å²) < 4.78 is 6.44. The first-order valence-corrected chi connectivity index (χ1v) is 13.8. The quantitative estimate of drug-likeness (QED) is 0.183. The highest BCUT2D eigenvalue weighted by molar-refractivity contribution is 9.10. The second-order valence-electron chi connectivity index (χ2n) is 9.89. The summed E-state index contributed by atoms with van der Waals surface area (Å²) in [6.45, 7) is 1.56. The van der Waals surface area contributed by atoms with Gasteiger partial charge in [-0.15, -0.1) is 0 Å². The van der Waals surface area contributed by atoms with E-state index >= 15 is 0 Å². The molecule has 41 heavy (non-hydrogen) atoms. The van der Waals surface area contributed by atoms with Crippen LogP contribution < -0.4 is 0 Å². The molecule has 4 aromatic rings. The van der Waals surface area contributed by atoms with E-state index in [0.29, 0.717) is 11.1 Å². The van der Waals surface area contributed by atoms with Gasteiger partial charge in [0.2, 0.25) is 0 Å². The van der Waals surface area contributed by atoms with Crippen molar-refractivity contribution in [2.45, 2.75) is 25.1 Å². The van der Waals surface area contributed by atoms with E-state index in [9.17, 15) is 19.2 Å². The first-order valence-electron chi connectivity index (χ1n) is 13.0. The molecule has 1 unspecified atom stereocenters. The summed E-state index contributed by atoms with van der Waals surface area (Å²) in [6.07, 6.45) is 0. The number of benzene rings is 4. The minimum Gasteiger partial charge on any atom is -0.459 e. The minimum absolute atomic E-state index is 0.0213. The lowest BCUT2D eigenvalue weighted by atomic mass is 9.87. The third-order valence-electron chi connectivity index (χ3n) is 7.33. The van der Waals surface area contributed by atoms with Gasteiger partial charge in [0, 0.05) is 11.5 Å². The molecule has 0 radical (unpaired) electrons. The Hall–Kier alpha value is -4.56. The Kier molecular flexibility index (Phi) is 7.85. The Labute approximate surface area is 246 Å². The van der Waals surface area contributed by atoms with Crippen molar-refractivity contribution < 1.29 is 23.9 Å². The number of amides is 3. The topological polar surface area (TPSA) is 84.0 Å². The van der Waals surface area contributed by atoms with Gasteiger partial charge < -0.3 is 9.64 Å². The van der Waals surface area contributed by atoms with Crippen molar-refractivity contribution >= 4 is 39.6 Å². The second kappa shape index (κ2) is 11.5. The van der Waals surface area contributed by atoms with Gasteiger partial charge in [-0.3, -0.25) is 19.3 Å². The lowest BCUT2D eigenvalue weighted by molar-refractivity contribution is -0.158. The summed E-state index contributed by atoms with van der Waals surface area (Å²) in [4.78, 5) is 57.9. The molecule has 1 aliphatic rings. The molecular weight excluding hydrogens is 584 g/mol. The highest BCUT2D eigenvalue weighted by Gasteiger charge is 2.54.